The van der Waals surface area contributed by atoms with Crippen LogP contribution in [0.15, 0.2) is 103 Å². The number of amides is 3. The Morgan fingerprint density at radius 1 is 0.841 bits per heavy atom. The SMILES string of the molecule is COC(=O)NCC(C)CC(=O)N1CCCC1c1ncc(-c2ccc3cc(-c4ccc(-c5cnc(C6CC(C(=O)C(C#N)(NC(=O)OC)c7ccccc7)CN6)[nH]5)cc4)ccc3c2)[nH]1. The van der Waals surface area contributed by atoms with Gasteiger partial charge in [0.25, 0.3) is 0 Å². The number of Topliss-reactive ketones (excluding diaryl/α,β-unsaturated/α-hetero) is 1. The first-order valence-electron chi connectivity index (χ1n) is 21.1. The van der Waals surface area contributed by atoms with E-state index in [1.165, 1.54) is 14.2 Å². The number of aromatic amines is 2. The molecule has 0 aliphatic carbocycles. The predicted molar refractivity (Wildman–Crippen MR) is 236 cm³/mol. The molecule has 322 valence electrons. The number of nitrogens with zero attached hydrogens (tertiary/aromatic N) is 4. The third kappa shape index (κ3) is 8.89. The number of methoxy groups -OCH3 is 2. The van der Waals surface area contributed by atoms with Crippen LogP contribution in [0.4, 0.5) is 9.59 Å². The molecule has 2 aliphatic heterocycles. The fraction of sp³-hybridized carbons (Fsp3) is 0.312. The van der Waals surface area contributed by atoms with Crippen LogP contribution in [-0.4, -0.2) is 82.6 Å². The van der Waals surface area contributed by atoms with Crippen LogP contribution < -0.4 is 16.0 Å². The molecule has 5 atom stereocenters. The van der Waals surface area contributed by atoms with E-state index in [0.717, 1.165) is 63.1 Å². The first-order valence-corrected chi connectivity index (χ1v) is 21.1. The Bertz CT molecular complexity index is 2670. The minimum atomic E-state index is -1.90. The van der Waals surface area contributed by atoms with Crippen LogP contribution in [0.3, 0.4) is 0 Å². The molecular weight excluding hydrogens is 799 g/mol. The first kappa shape index (κ1) is 42.4. The van der Waals surface area contributed by atoms with Gasteiger partial charge in [-0.1, -0.05) is 85.8 Å². The third-order valence-corrected chi connectivity index (χ3v) is 12.1. The molecule has 0 radical (unpaired) electrons. The summed E-state index contributed by atoms with van der Waals surface area (Å²) in [5.41, 5.74) is 4.28. The summed E-state index contributed by atoms with van der Waals surface area (Å²) in [6.45, 7) is 3.29. The number of ether oxygens (including phenoxy) is 2. The summed E-state index contributed by atoms with van der Waals surface area (Å²) < 4.78 is 9.42. The molecule has 6 aromatic rings. The number of imidazole rings is 2. The summed E-state index contributed by atoms with van der Waals surface area (Å²) in [6, 6.07) is 31.2. The quantitative estimate of drug-likeness (QED) is 0.0782. The molecule has 0 saturated carbocycles. The topological polar surface area (TPSA) is 207 Å². The highest BCUT2D eigenvalue weighted by molar-refractivity contribution is 5.97. The van der Waals surface area contributed by atoms with Gasteiger partial charge in [0.05, 0.1) is 50.1 Å². The van der Waals surface area contributed by atoms with Crippen molar-refractivity contribution in [2.45, 2.75) is 50.2 Å². The zero-order chi connectivity index (χ0) is 44.1. The van der Waals surface area contributed by atoms with Gasteiger partial charge in [0.1, 0.15) is 17.7 Å². The van der Waals surface area contributed by atoms with Gasteiger partial charge >= 0.3 is 12.2 Å². The van der Waals surface area contributed by atoms with E-state index in [0.29, 0.717) is 43.9 Å². The van der Waals surface area contributed by atoms with Gasteiger partial charge in [0.2, 0.25) is 11.4 Å². The molecule has 4 aromatic carbocycles. The van der Waals surface area contributed by atoms with E-state index in [4.69, 9.17) is 9.72 Å². The smallest absolute Gasteiger partial charge is 0.408 e. The van der Waals surface area contributed by atoms with Crippen LogP contribution in [0, 0.1) is 23.2 Å². The molecule has 15 heteroatoms. The normalized spacial score (nSPS) is 18.6. The van der Waals surface area contributed by atoms with Crippen molar-refractivity contribution in [3.63, 3.8) is 0 Å². The number of hydrogen-bond donors (Lipinski definition) is 5. The Balaban J connectivity index is 0.904. The van der Waals surface area contributed by atoms with E-state index in [2.05, 4.69) is 90.2 Å². The fourth-order valence-electron chi connectivity index (χ4n) is 8.68. The lowest BCUT2D eigenvalue weighted by Gasteiger charge is -2.28. The van der Waals surface area contributed by atoms with Gasteiger partial charge in [-0.15, -0.1) is 0 Å². The number of benzene rings is 4. The van der Waals surface area contributed by atoms with E-state index >= 15 is 0 Å². The van der Waals surface area contributed by atoms with Crippen molar-refractivity contribution >= 4 is 34.6 Å². The minimum absolute atomic E-state index is 0.0308. The summed E-state index contributed by atoms with van der Waals surface area (Å²) in [6.07, 6.45) is 4.69. The molecule has 2 aromatic heterocycles. The Morgan fingerprint density at radius 2 is 1.48 bits per heavy atom. The van der Waals surface area contributed by atoms with Crippen molar-refractivity contribution in [3.8, 4) is 39.7 Å². The van der Waals surface area contributed by atoms with Gasteiger partial charge < -0.3 is 35.0 Å². The van der Waals surface area contributed by atoms with E-state index in [-0.39, 0.29) is 23.9 Å². The van der Waals surface area contributed by atoms with Crippen LogP contribution in [-0.2, 0) is 24.6 Å². The van der Waals surface area contributed by atoms with Crippen molar-refractivity contribution in [1.29, 1.82) is 5.26 Å². The molecule has 8 rings (SSSR count). The van der Waals surface area contributed by atoms with Crippen molar-refractivity contribution in [2.75, 3.05) is 33.9 Å². The van der Waals surface area contributed by atoms with Crippen molar-refractivity contribution < 1.29 is 28.7 Å². The molecule has 2 saturated heterocycles. The number of aromatic nitrogens is 4. The maximum atomic E-state index is 14.0. The van der Waals surface area contributed by atoms with E-state index in [1.54, 1.807) is 36.5 Å². The van der Waals surface area contributed by atoms with Gasteiger partial charge in [0, 0.05) is 37.5 Å². The first-order chi connectivity index (χ1) is 30.6. The molecular formula is C48H49N9O6. The molecule has 5 unspecified atom stereocenters. The maximum Gasteiger partial charge on any atom is 0.408 e. The fourth-order valence-corrected chi connectivity index (χ4v) is 8.68. The number of fused-ring (bicyclic) bond motifs is 1. The average molecular weight is 848 g/mol. The number of ketones is 1. The summed E-state index contributed by atoms with van der Waals surface area (Å²) in [7, 11) is 2.51. The number of alkyl carbamates (subject to hydrolysis) is 2. The molecule has 15 nitrogen and oxygen atoms in total. The summed E-state index contributed by atoms with van der Waals surface area (Å²) in [4.78, 5) is 69.2. The van der Waals surface area contributed by atoms with E-state index in [1.807, 2.05) is 30.2 Å². The predicted octanol–water partition coefficient (Wildman–Crippen LogP) is 7.33. The van der Waals surface area contributed by atoms with Crippen LogP contribution >= 0.6 is 0 Å². The number of carbonyl (C=O) groups is 4. The lowest BCUT2D eigenvalue weighted by atomic mass is 9.80. The molecule has 3 amide bonds. The van der Waals surface area contributed by atoms with Crippen LogP contribution in [0.1, 0.15) is 61.9 Å². The van der Waals surface area contributed by atoms with Crippen molar-refractivity contribution in [2.24, 2.45) is 11.8 Å². The highest BCUT2D eigenvalue weighted by atomic mass is 16.5. The third-order valence-electron chi connectivity index (χ3n) is 12.1. The second kappa shape index (κ2) is 18.3. The number of nitrogens with one attached hydrogen (secondary N) is 5. The lowest BCUT2D eigenvalue weighted by molar-refractivity contribution is -0.133. The Kier molecular flexibility index (Phi) is 12.3. The molecule has 4 heterocycles. The number of nitriles is 1. The number of hydrogen-bond acceptors (Lipinski definition) is 10. The number of rotatable bonds is 13. The maximum absolute atomic E-state index is 14.0. The lowest BCUT2D eigenvalue weighted by Crippen LogP contribution is -2.53. The standard InChI is InChI=1S/C48H49N9O6/c1-29(24-53-46(60)62-2)20-42(58)57-19-7-10-41(57)45-52-27-40(55-45)35-18-17-33-21-32(15-16-34(33)22-35)30-11-13-31(14-12-30)39-26-51-44(54-39)38-23-36(25-50-38)43(59)48(28-49,56-47(61)63-3)37-8-5-4-6-9-37/h4-6,8-9,11-18,21-22,26-27,29,36,38,41,50H,7,10,19-20,23-25H2,1-3H3,(H,51,54)(H,52,55)(H,53,60)(H,56,61). The number of carbonyl (C=O) groups excluding carboxylic acids is 4. The van der Waals surface area contributed by atoms with Gasteiger partial charge in [-0.25, -0.2) is 19.6 Å². The highest BCUT2D eigenvalue weighted by Crippen LogP contribution is 2.36. The Labute approximate surface area is 364 Å². The molecule has 2 fully saturated rings. The second-order valence-corrected chi connectivity index (χ2v) is 16.2. The second-order valence-electron chi connectivity index (χ2n) is 16.2. The zero-order valence-corrected chi connectivity index (χ0v) is 35.3. The number of likely N-dealkylation sites (tertiary alicyclic amines) is 1. The number of H-pyrrole nitrogens is 2. The monoisotopic (exact) mass is 847 g/mol. The van der Waals surface area contributed by atoms with E-state index in [9.17, 15) is 24.4 Å². The van der Waals surface area contributed by atoms with Gasteiger partial charge in [-0.2, -0.15) is 5.26 Å². The van der Waals surface area contributed by atoms with E-state index < -0.39 is 29.4 Å². The molecule has 0 bridgehead atoms. The largest absolute Gasteiger partial charge is 0.453 e. The summed E-state index contributed by atoms with van der Waals surface area (Å²) in [5.74, 6) is 0.483. The van der Waals surface area contributed by atoms with Crippen molar-refractivity contribution in [3.05, 3.63) is 121 Å². The van der Waals surface area contributed by atoms with Crippen LogP contribution in [0.25, 0.3) is 44.4 Å². The molecule has 5 N–H and O–H groups in total. The van der Waals surface area contributed by atoms with Crippen LogP contribution in [0.2, 0.25) is 0 Å². The zero-order valence-electron chi connectivity index (χ0n) is 35.3. The minimum Gasteiger partial charge on any atom is -0.453 e. The Hall–Kier alpha value is -7.31. The average Bonchev–Trinajstić information content (AvgIpc) is 4.17. The van der Waals surface area contributed by atoms with Crippen LogP contribution in [0.5, 0.6) is 0 Å². The molecule has 0 spiro atoms. The summed E-state index contributed by atoms with van der Waals surface area (Å²) >= 11 is 0. The van der Waals surface area contributed by atoms with Gasteiger partial charge in [-0.3, -0.25) is 14.9 Å². The van der Waals surface area contributed by atoms with Gasteiger partial charge in [-0.05, 0) is 70.3 Å². The molecule has 63 heavy (non-hydrogen) atoms. The van der Waals surface area contributed by atoms with Gasteiger partial charge in [0.15, 0.2) is 5.78 Å². The Morgan fingerprint density at radius 3 is 2.19 bits per heavy atom. The highest BCUT2D eigenvalue weighted by Gasteiger charge is 2.48. The molecule has 2 aliphatic rings. The summed E-state index contributed by atoms with van der Waals surface area (Å²) in [5, 5.41) is 21.0. The van der Waals surface area contributed by atoms with Crippen molar-refractivity contribution in [1.82, 2.24) is 40.8 Å².